The summed E-state index contributed by atoms with van der Waals surface area (Å²) in [5.41, 5.74) is 1.24. The monoisotopic (exact) mass is 294 g/mol. The summed E-state index contributed by atoms with van der Waals surface area (Å²) in [5.74, 6) is 4.13. The maximum atomic E-state index is 6.68. The highest BCUT2D eigenvalue weighted by Crippen LogP contribution is 2.58. The van der Waals surface area contributed by atoms with Crippen molar-refractivity contribution in [3.05, 3.63) is 23.8 Å². The molecule has 1 aromatic carbocycles. The Morgan fingerprint density at radius 1 is 1.10 bits per heavy atom. The normalized spacial score (nSPS) is 29.4. The Hall–Kier alpha value is -0.890. The summed E-state index contributed by atoms with van der Waals surface area (Å²) in [6.07, 6.45) is 6.52. The maximum absolute atomic E-state index is 6.68. The van der Waals surface area contributed by atoms with Crippen molar-refractivity contribution in [2.45, 2.75) is 37.5 Å². The van der Waals surface area contributed by atoms with Gasteiger partial charge in [0.15, 0.2) is 11.5 Å². The van der Waals surface area contributed by atoms with E-state index in [1.165, 1.54) is 31.2 Å². The number of fused-ring (bicyclic) bond motifs is 1. The van der Waals surface area contributed by atoms with Crippen molar-refractivity contribution in [1.82, 2.24) is 0 Å². The van der Waals surface area contributed by atoms with Gasteiger partial charge in [0.2, 0.25) is 0 Å². The molecule has 0 radical (unpaired) electrons. The Bertz CT molecular complexity index is 462. The molecule has 20 heavy (non-hydrogen) atoms. The van der Waals surface area contributed by atoms with Gasteiger partial charge in [-0.2, -0.15) is 0 Å². The summed E-state index contributed by atoms with van der Waals surface area (Å²) < 4.78 is 10.6. The molecular weight excluding hydrogens is 272 g/mol. The molecule has 110 valence electrons. The van der Waals surface area contributed by atoms with Gasteiger partial charge in [-0.05, 0) is 54.7 Å². The van der Waals surface area contributed by atoms with Gasteiger partial charge in [0, 0.05) is 5.38 Å². The Morgan fingerprint density at radius 3 is 2.35 bits per heavy atom. The van der Waals surface area contributed by atoms with Crippen LogP contribution in [0.25, 0.3) is 0 Å². The fourth-order valence-electron chi connectivity index (χ4n) is 3.95. The molecule has 2 fully saturated rings. The molecule has 3 atom stereocenters. The van der Waals surface area contributed by atoms with Gasteiger partial charge in [0.05, 0.1) is 14.2 Å². The Morgan fingerprint density at radius 2 is 1.75 bits per heavy atom. The molecular formula is C17H23ClO2. The third-order valence-corrected chi connectivity index (χ3v) is 5.46. The summed E-state index contributed by atoms with van der Waals surface area (Å²) in [6.45, 7) is 0. The van der Waals surface area contributed by atoms with Crippen LogP contribution in [-0.2, 0) is 6.42 Å². The smallest absolute Gasteiger partial charge is 0.160 e. The fourth-order valence-corrected chi connectivity index (χ4v) is 4.50. The Labute approximate surface area is 126 Å². The first-order valence-corrected chi connectivity index (χ1v) is 8.03. The van der Waals surface area contributed by atoms with E-state index in [1.54, 1.807) is 14.2 Å². The number of benzene rings is 1. The lowest BCUT2D eigenvalue weighted by Gasteiger charge is -2.12. The van der Waals surface area contributed by atoms with E-state index in [9.17, 15) is 0 Å². The van der Waals surface area contributed by atoms with Crippen LogP contribution in [0.4, 0.5) is 0 Å². The molecule has 0 spiro atoms. The number of halogens is 1. The average molecular weight is 295 g/mol. The molecule has 3 rings (SSSR count). The minimum atomic E-state index is 0.265. The molecule has 2 nitrogen and oxygen atoms in total. The highest BCUT2D eigenvalue weighted by molar-refractivity contribution is 6.21. The van der Waals surface area contributed by atoms with Gasteiger partial charge in [-0.1, -0.05) is 18.9 Å². The topological polar surface area (TPSA) is 18.5 Å². The van der Waals surface area contributed by atoms with Gasteiger partial charge >= 0.3 is 0 Å². The summed E-state index contributed by atoms with van der Waals surface area (Å²) in [7, 11) is 3.34. The van der Waals surface area contributed by atoms with Crippen LogP contribution in [0.2, 0.25) is 0 Å². The molecule has 2 aliphatic rings. The zero-order valence-corrected chi connectivity index (χ0v) is 13.0. The molecule has 1 aromatic rings. The molecule has 3 heteroatoms. The second-order valence-corrected chi connectivity index (χ2v) is 6.66. The highest BCUT2D eigenvalue weighted by Gasteiger charge is 2.53. The van der Waals surface area contributed by atoms with Gasteiger partial charge in [-0.25, -0.2) is 0 Å². The largest absolute Gasteiger partial charge is 0.493 e. The predicted molar refractivity (Wildman–Crippen MR) is 81.8 cm³/mol. The van der Waals surface area contributed by atoms with Crippen molar-refractivity contribution in [3.63, 3.8) is 0 Å². The van der Waals surface area contributed by atoms with E-state index in [-0.39, 0.29) is 5.38 Å². The number of alkyl halides is 1. The van der Waals surface area contributed by atoms with Crippen molar-refractivity contribution in [1.29, 1.82) is 0 Å². The summed E-state index contributed by atoms with van der Waals surface area (Å²) in [4.78, 5) is 0. The Balaban J connectivity index is 1.65. The summed E-state index contributed by atoms with van der Waals surface area (Å²) >= 11 is 6.68. The number of rotatable bonds is 5. The van der Waals surface area contributed by atoms with Crippen LogP contribution in [-0.4, -0.2) is 19.6 Å². The number of methoxy groups -OCH3 is 2. The van der Waals surface area contributed by atoms with Gasteiger partial charge < -0.3 is 9.47 Å². The quantitative estimate of drug-likeness (QED) is 0.754. The fraction of sp³-hybridized carbons (Fsp3) is 0.647. The highest BCUT2D eigenvalue weighted by atomic mass is 35.5. The minimum absolute atomic E-state index is 0.265. The van der Waals surface area contributed by atoms with Crippen LogP contribution in [0.3, 0.4) is 0 Å². The zero-order chi connectivity index (χ0) is 14.1. The third kappa shape index (κ3) is 2.63. The standard InChI is InChI=1S/C17H23ClO2/c1-19-15-8-7-11(10-16(15)20-2)9-14(18)17-12-5-3-4-6-13(12)17/h7-8,10,12-14,17H,3-6,9H2,1-2H3. The van der Waals surface area contributed by atoms with Crippen LogP contribution in [0.15, 0.2) is 18.2 Å². The van der Waals surface area contributed by atoms with Gasteiger partial charge in [-0.15, -0.1) is 11.6 Å². The van der Waals surface area contributed by atoms with E-state index >= 15 is 0 Å². The zero-order valence-electron chi connectivity index (χ0n) is 12.3. The number of hydrogen-bond donors (Lipinski definition) is 0. The number of ether oxygens (including phenoxy) is 2. The van der Waals surface area contributed by atoms with E-state index in [1.807, 2.05) is 6.07 Å². The van der Waals surface area contributed by atoms with Crippen LogP contribution in [0.5, 0.6) is 11.5 Å². The van der Waals surface area contributed by atoms with Crippen LogP contribution < -0.4 is 9.47 Å². The van der Waals surface area contributed by atoms with Gasteiger partial charge in [-0.3, -0.25) is 0 Å². The number of hydrogen-bond acceptors (Lipinski definition) is 2. The average Bonchev–Trinajstić information content (AvgIpc) is 3.21. The van der Waals surface area contributed by atoms with E-state index < -0.39 is 0 Å². The lowest BCUT2D eigenvalue weighted by molar-refractivity contribution is 0.354. The maximum Gasteiger partial charge on any atom is 0.160 e. The molecule has 0 saturated heterocycles. The Kier molecular flexibility index (Phi) is 4.11. The van der Waals surface area contributed by atoms with Crippen LogP contribution in [0.1, 0.15) is 31.2 Å². The predicted octanol–water partition coefficient (Wildman–Crippen LogP) is 4.29. The molecule has 2 saturated carbocycles. The lowest BCUT2D eigenvalue weighted by atomic mass is 10.0. The van der Waals surface area contributed by atoms with E-state index in [4.69, 9.17) is 21.1 Å². The van der Waals surface area contributed by atoms with Crippen molar-refractivity contribution in [2.24, 2.45) is 17.8 Å². The SMILES string of the molecule is COc1ccc(CC(Cl)C2C3CCCCC32)cc1OC. The molecule has 0 aliphatic heterocycles. The first kappa shape index (κ1) is 14.1. The molecule has 0 bridgehead atoms. The van der Waals surface area contributed by atoms with Crippen molar-refractivity contribution in [3.8, 4) is 11.5 Å². The molecule has 3 unspecified atom stereocenters. The molecule has 0 N–H and O–H groups in total. The van der Waals surface area contributed by atoms with E-state index in [0.29, 0.717) is 0 Å². The lowest BCUT2D eigenvalue weighted by Crippen LogP contribution is -2.08. The summed E-state index contributed by atoms with van der Waals surface area (Å²) in [6, 6.07) is 6.13. The van der Waals surface area contributed by atoms with Crippen molar-refractivity contribution < 1.29 is 9.47 Å². The molecule has 0 aromatic heterocycles. The van der Waals surface area contributed by atoms with E-state index in [2.05, 4.69) is 12.1 Å². The molecule has 2 aliphatic carbocycles. The first-order valence-electron chi connectivity index (χ1n) is 7.59. The van der Waals surface area contributed by atoms with Gasteiger partial charge in [0.25, 0.3) is 0 Å². The third-order valence-electron chi connectivity index (χ3n) is 5.02. The van der Waals surface area contributed by atoms with Gasteiger partial charge in [0.1, 0.15) is 0 Å². The van der Waals surface area contributed by atoms with Crippen molar-refractivity contribution in [2.75, 3.05) is 14.2 Å². The molecule has 0 heterocycles. The molecule has 0 amide bonds. The first-order chi connectivity index (χ1) is 9.74. The van der Waals surface area contributed by atoms with E-state index in [0.717, 1.165) is 35.7 Å². The van der Waals surface area contributed by atoms with Crippen molar-refractivity contribution >= 4 is 11.6 Å². The van der Waals surface area contributed by atoms with Crippen LogP contribution >= 0.6 is 11.6 Å². The summed E-state index contributed by atoms with van der Waals surface area (Å²) in [5, 5.41) is 0.265. The second kappa shape index (κ2) is 5.85. The van der Waals surface area contributed by atoms with Crippen LogP contribution in [0, 0.1) is 17.8 Å². The second-order valence-electron chi connectivity index (χ2n) is 6.10. The minimum Gasteiger partial charge on any atom is -0.493 e.